The van der Waals surface area contributed by atoms with Crippen LogP contribution in [0.5, 0.6) is 5.75 Å². The maximum atomic E-state index is 13.2. The number of ether oxygens (including phenoxy) is 2. The first-order valence-corrected chi connectivity index (χ1v) is 12.9. The fraction of sp³-hybridized carbons (Fsp3) is 0.519. The number of piperazine rings is 1. The zero-order valence-electron chi connectivity index (χ0n) is 22.1. The second-order valence-electron chi connectivity index (χ2n) is 10.00. The number of hydrogen-bond donors (Lipinski definition) is 1. The summed E-state index contributed by atoms with van der Waals surface area (Å²) in [5.74, 6) is 2.08. The predicted molar refractivity (Wildman–Crippen MR) is 143 cm³/mol. The van der Waals surface area contributed by atoms with Crippen LogP contribution in [0.3, 0.4) is 0 Å². The highest BCUT2D eigenvalue weighted by Crippen LogP contribution is 2.39. The van der Waals surface area contributed by atoms with Crippen molar-refractivity contribution in [2.45, 2.75) is 31.8 Å². The van der Waals surface area contributed by atoms with Gasteiger partial charge in [-0.1, -0.05) is 0 Å². The number of carbonyl (C=O) groups excluding carboxylic acids is 2. The molecule has 0 bridgehead atoms. The Morgan fingerprint density at radius 3 is 2.51 bits per heavy atom. The Morgan fingerprint density at radius 2 is 1.81 bits per heavy atom. The molecule has 4 heterocycles. The van der Waals surface area contributed by atoms with Crippen molar-refractivity contribution in [3.8, 4) is 5.75 Å². The molecule has 1 atom stereocenters. The molecule has 2 aromatic rings. The molecule has 1 aromatic heterocycles. The number of amides is 2. The minimum atomic E-state index is -0.317. The van der Waals surface area contributed by atoms with Gasteiger partial charge in [-0.05, 0) is 57.1 Å². The van der Waals surface area contributed by atoms with Crippen LogP contribution in [0.15, 0.2) is 30.3 Å². The number of carbonyl (C=O) groups is 2. The lowest BCUT2D eigenvalue weighted by molar-refractivity contribution is -0.119. The second kappa shape index (κ2) is 10.5. The van der Waals surface area contributed by atoms with Gasteiger partial charge in [0.2, 0.25) is 5.91 Å². The van der Waals surface area contributed by atoms with Crippen molar-refractivity contribution >= 4 is 34.8 Å². The van der Waals surface area contributed by atoms with E-state index in [0.717, 1.165) is 37.4 Å². The summed E-state index contributed by atoms with van der Waals surface area (Å²) in [6.07, 6.45) is 1.70. The summed E-state index contributed by atoms with van der Waals surface area (Å²) in [6.45, 7) is 6.45. The fourth-order valence-corrected chi connectivity index (χ4v) is 5.39. The smallest absolute Gasteiger partial charge is 0.254 e. The first-order valence-electron chi connectivity index (χ1n) is 12.9. The highest BCUT2D eigenvalue weighted by atomic mass is 16.5. The van der Waals surface area contributed by atoms with E-state index < -0.39 is 0 Å². The predicted octanol–water partition coefficient (Wildman–Crippen LogP) is 2.57. The molecule has 0 unspecified atom stereocenters. The molecule has 2 amide bonds. The Labute approximate surface area is 218 Å². The Hall–Kier alpha value is -3.37. The third-order valence-corrected chi connectivity index (χ3v) is 7.65. The number of fused-ring (bicyclic) bond motifs is 1. The summed E-state index contributed by atoms with van der Waals surface area (Å²) in [5, 5.41) is 3.37. The first-order chi connectivity index (χ1) is 17.9. The molecule has 10 nitrogen and oxygen atoms in total. The van der Waals surface area contributed by atoms with Crippen molar-refractivity contribution in [2.24, 2.45) is 0 Å². The number of nitrogens with one attached hydrogen (secondary N) is 1. The van der Waals surface area contributed by atoms with Crippen LogP contribution in [-0.4, -0.2) is 99.3 Å². The van der Waals surface area contributed by atoms with Crippen LogP contribution in [0.1, 0.15) is 30.1 Å². The van der Waals surface area contributed by atoms with Crippen LogP contribution in [0.4, 0.5) is 23.0 Å². The summed E-state index contributed by atoms with van der Waals surface area (Å²) in [6, 6.07) is 9.09. The lowest BCUT2D eigenvalue weighted by atomic mass is 10.0. The average Bonchev–Trinajstić information content (AvgIpc) is 2.92. The van der Waals surface area contributed by atoms with Gasteiger partial charge in [0.25, 0.3) is 5.91 Å². The number of hydrogen-bond acceptors (Lipinski definition) is 8. The van der Waals surface area contributed by atoms with Gasteiger partial charge in [0.1, 0.15) is 17.6 Å². The van der Waals surface area contributed by atoms with E-state index in [0.29, 0.717) is 49.1 Å². The number of anilines is 4. The highest BCUT2D eigenvalue weighted by Gasteiger charge is 2.39. The summed E-state index contributed by atoms with van der Waals surface area (Å²) < 4.78 is 11.2. The number of benzene rings is 1. The van der Waals surface area contributed by atoms with Gasteiger partial charge in [-0.2, -0.15) is 0 Å². The number of nitrogens with zero attached hydrogens (tertiary/aromatic N) is 5. The first kappa shape index (κ1) is 25.3. The summed E-state index contributed by atoms with van der Waals surface area (Å²) in [5.41, 5.74) is 2.06. The molecule has 5 rings (SSSR count). The largest absolute Gasteiger partial charge is 0.495 e. The summed E-state index contributed by atoms with van der Waals surface area (Å²) in [7, 11) is 5.47. The molecule has 37 heavy (non-hydrogen) atoms. The molecule has 10 heteroatoms. The van der Waals surface area contributed by atoms with E-state index in [9.17, 15) is 9.59 Å². The molecule has 2 fully saturated rings. The van der Waals surface area contributed by atoms with Gasteiger partial charge < -0.3 is 34.4 Å². The van der Waals surface area contributed by atoms with E-state index in [4.69, 9.17) is 14.5 Å². The number of methoxy groups -OCH3 is 1. The molecule has 0 radical (unpaired) electrons. The number of likely N-dealkylation sites (N-methyl/N-ethyl adjacent to an activating group) is 2. The van der Waals surface area contributed by atoms with Crippen molar-refractivity contribution in [2.75, 3.05) is 75.7 Å². The van der Waals surface area contributed by atoms with Crippen LogP contribution in [-0.2, 0) is 9.53 Å². The van der Waals surface area contributed by atoms with Gasteiger partial charge in [-0.3, -0.25) is 9.59 Å². The lowest BCUT2D eigenvalue weighted by Gasteiger charge is -2.44. The minimum Gasteiger partial charge on any atom is -0.495 e. The van der Waals surface area contributed by atoms with E-state index in [1.807, 2.05) is 36.1 Å². The molecule has 0 saturated carbocycles. The minimum absolute atomic E-state index is 0.0110. The molecule has 1 aromatic carbocycles. The zero-order chi connectivity index (χ0) is 26.1. The van der Waals surface area contributed by atoms with E-state index in [1.165, 1.54) is 0 Å². The van der Waals surface area contributed by atoms with Crippen LogP contribution in [0, 0.1) is 0 Å². The van der Waals surface area contributed by atoms with Crippen LogP contribution >= 0.6 is 0 Å². The maximum absolute atomic E-state index is 13.2. The third kappa shape index (κ3) is 4.95. The highest BCUT2D eigenvalue weighted by molar-refractivity contribution is 6.04. The van der Waals surface area contributed by atoms with E-state index in [1.54, 1.807) is 25.1 Å². The van der Waals surface area contributed by atoms with E-state index in [-0.39, 0.29) is 23.9 Å². The molecular weight excluding hydrogens is 472 g/mol. The Morgan fingerprint density at radius 1 is 1.08 bits per heavy atom. The SMILES string of the molecule is COc1ccc(C(=O)N2CCN(C)CC2)cc1Nc1ccc2c(n1)N(C1CCOCC1)[C@H](C)C(=O)N2C. The van der Waals surface area contributed by atoms with Crippen LogP contribution < -0.4 is 19.9 Å². The quantitative estimate of drug-likeness (QED) is 0.659. The molecule has 3 aliphatic heterocycles. The molecule has 0 spiro atoms. The van der Waals surface area contributed by atoms with Gasteiger partial charge in [0.15, 0.2) is 5.82 Å². The Balaban J connectivity index is 1.45. The lowest BCUT2D eigenvalue weighted by Crippen LogP contribution is -2.56. The summed E-state index contributed by atoms with van der Waals surface area (Å²) >= 11 is 0. The molecule has 198 valence electrons. The van der Waals surface area contributed by atoms with Gasteiger partial charge in [-0.25, -0.2) is 4.98 Å². The van der Waals surface area contributed by atoms with Crippen molar-refractivity contribution in [1.82, 2.24) is 14.8 Å². The standard InChI is InChI=1S/C27H36N6O4/c1-18-26(34)31(3)22-6-8-24(29-25(22)33(18)20-9-15-37-16-10-20)28-21-17-19(5-7-23(21)36-4)27(35)32-13-11-30(2)12-14-32/h5-8,17-18,20H,9-16H2,1-4H3,(H,28,29)/t18-/m1/s1. The molecule has 2 saturated heterocycles. The zero-order valence-corrected chi connectivity index (χ0v) is 22.1. The fourth-order valence-electron chi connectivity index (χ4n) is 5.39. The maximum Gasteiger partial charge on any atom is 0.254 e. The van der Waals surface area contributed by atoms with Gasteiger partial charge in [0.05, 0.1) is 18.5 Å². The van der Waals surface area contributed by atoms with Crippen molar-refractivity contribution in [3.05, 3.63) is 35.9 Å². The average molecular weight is 509 g/mol. The Bertz CT molecular complexity index is 1160. The molecule has 3 aliphatic rings. The van der Waals surface area contributed by atoms with Gasteiger partial charge in [-0.15, -0.1) is 0 Å². The van der Waals surface area contributed by atoms with Gasteiger partial charge >= 0.3 is 0 Å². The third-order valence-electron chi connectivity index (χ3n) is 7.65. The summed E-state index contributed by atoms with van der Waals surface area (Å²) in [4.78, 5) is 39.1. The topological polar surface area (TPSA) is 90.5 Å². The van der Waals surface area contributed by atoms with E-state index in [2.05, 4.69) is 22.2 Å². The number of aromatic nitrogens is 1. The number of pyridine rings is 1. The Kier molecular flexibility index (Phi) is 7.21. The van der Waals surface area contributed by atoms with Crippen LogP contribution in [0.2, 0.25) is 0 Å². The van der Waals surface area contributed by atoms with Crippen molar-refractivity contribution in [3.63, 3.8) is 0 Å². The van der Waals surface area contributed by atoms with Gasteiger partial charge in [0, 0.05) is 58.0 Å². The number of rotatable bonds is 5. The van der Waals surface area contributed by atoms with Crippen LogP contribution in [0.25, 0.3) is 0 Å². The molecular formula is C27H36N6O4. The molecule has 1 N–H and O–H groups in total. The monoisotopic (exact) mass is 508 g/mol. The normalized spacial score (nSPS) is 21.1. The second-order valence-corrected chi connectivity index (χ2v) is 10.00. The van der Waals surface area contributed by atoms with Crippen molar-refractivity contribution in [1.29, 1.82) is 0 Å². The molecule has 0 aliphatic carbocycles. The van der Waals surface area contributed by atoms with E-state index >= 15 is 0 Å². The van der Waals surface area contributed by atoms with Crippen molar-refractivity contribution < 1.29 is 19.1 Å².